The molecule has 0 radical (unpaired) electrons. The van der Waals surface area contributed by atoms with Crippen LogP contribution in [0.3, 0.4) is 0 Å². The molecule has 8 N–H and O–H groups in total. The lowest BCUT2D eigenvalue weighted by molar-refractivity contribution is 0.233. The molecule has 4 aromatic rings. The van der Waals surface area contributed by atoms with Gasteiger partial charge in [0.25, 0.3) is 0 Å². The Morgan fingerprint density at radius 1 is 0.758 bits per heavy atom. The largest absolute Gasteiger partial charge is 0.379 e. The quantitative estimate of drug-likeness (QED) is 0.146. The molecule has 0 saturated carbocycles. The normalized spacial score (nSPS) is 11.5. The number of rotatable bonds is 4. The van der Waals surface area contributed by atoms with Crippen molar-refractivity contribution >= 4 is 34.7 Å². The first-order chi connectivity index (χ1) is 16.0. The maximum absolute atomic E-state index is 12.9. The third-order valence-corrected chi connectivity index (χ3v) is 3.73. The molecule has 0 unspecified atom stereocenters. The van der Waals surface area contributed by atoms with Gasteiger partial charge in [-0.15, -0.1) is 0 Å². The number of para-hydroxylation sites is 1. The van der Waals surface area contributed by atoms with Crippen molar-refractivity contribution in [2.45, 2.75) is 0 Å². The summed E-state index contributed by atoms with van der Waals surface area (Å²) < 4.78 is 21.7. The van der Waals surface area contributed by atoms with Gasteiger partial charge in [-0.05, 0) is 51.0 Å². The van der Waals surface area contributed by atoms with Crippen LogP contribution < -0.4 is 22.4 Å². The molecule has 170 valence electrons. The van der Waals surface area contributed by atoms with E-state index in [-0.39, 0.29) is 40.4 Å². The fourth-order valence-corrected chi connectivity index (χ4v) is 2.29. The van der Waals surface area contributed by atoms with Crippen molar-refractivity contribution in [1.29, 1.82) is 0 Å². The number of aromatic nitrogens is 4. The summed E-state index contributed by atoms with van der Waals surface area (Å²) in [5.41, 5.74) is 15.7. The van der Waals surface area contributed by atoms with Gasteiger partial charge in [0, 0.05) is 0 Å². The van der Waals surface area contributed by atoms with Gasteiger partial charge >= 0.3 is 0 Å². The van der Waals surface area contributed by atoms with Crippen LogP contribution in [-0.2, 0) is 0 Å². The van der Waals surface area contributed by atoms with Crippen LogP contribution in [-0.4, -0.2) is 42.7 Å². The van der Waals surface area contributed by atoms with Crippen LogP contribution in [0.1, 0.15) is 11.4 Å². The Labute approximate surface area is 184 Å². The predicted octanol–water partition coefficient (Wildman–Crippen LogP) is 1.56. The molecule has 2 aromatic carbocycles. The molecule has 4 rings (SSSR count). The molecule has 0 aliphatic heterocycles. The molecule has 0 saturated heterocycles. The number of anilines is 2. The van der Waals surface area contributed by atoms with Crippen molar-refractivity contribution in [3.05, 3.63) is 71.8 Å². The zero-order chi connectivity index (χ0) is 23.6. The van der Waals surface area contributed by atoms with Crippen LogP contribution in [0.25, 0.3) is 0 Å². The molecule has 33 heavy (non-hydrogen) atoms. The summed E-state index contributed by atoms with van der Waals surface area (Å²) in [5.74, 6) is -0.452. The minimum Gasteiger partial charge on any atom is -0.379 e. The van der Waals surface area contributed by atoms with E-state index in [2.05, 4.69) is 39.9 Å². The number of nitrogens with zero attached hydrogens (tertiary/aromatic N) is 6. The second-order valence-corrected chi connectivity index (χ2v) is 5.96. The third-order valence-electron chi connectivity index (χ3n) is 3.73. The Bertz CT molecular complexity index is 1240. The second-order valence-electron chi connectivity index (χ2n) is 5.96. The lowest BCUT2D eigenvalue weighted by Crippen LogP contribution is -2.21. The average molecular weight is 456 g/mol. The first kappa shape index (κ1) is 22.8. The van der Waals surface area contributed by atoms with E-state index < -0.39 is 5.82 Å². The minimum atomic E-state index is -0.449. The fourth-order valence-electron chi connectivity index (χ4n) is 2.29. The third kappa shape index (κ3) is 6.06. The molecule has 0 bridgehead atoms. The van der Waals surface area contributed by atoms with Crippen LogP contribution in [0, 0.1) is 5.82 Å². The standard InChI is InChI=1S/C9H8FN5O2.C9H9N5O2/c10-5-2-1-3-6(4-5)12-9(13-16)7-8(11)15-17-14-7;10-8-7(13-16-14-8)9(12-15)11-6-4-2-1-3-5-6/h1-4,16H,(H2,11,15)(H,12,13);1-5,15H,(H2,10,14)(H,11,12). The molecule has 0 spiro atoms. The Morgan fingerprint density at radius 3 is 1.73 bits per heavy atom. The molecule has 2 aromatic heterocycles. The van der Waals surface area contributed by atoms with E-state index in [1.165, 1.54) is 18.2 Å². The Kier molecular flexibility index (Phi) is 7.55. The van der Waals surface area contributed by atoms with Gasteiger partial charge in [-0.1, -0.05) is 24.3 Å². The van der Waals surface area contributed by atoms with Gasteiger partial charge in [-0.3, -0.25) is 21.4 Å². The Balaban J connectivity index is 0.000000186. The Hall–Kier alpha value is -4.89. The van der Waals surface area contributed by atoms with E-state index in [4.69, 9.17) is 21.9 Å². The number of halogens is 1. The highest BCUT2D eigenvalue weighted by molar-refractivity contribution is 6.01. The van der Waals surface area contributed by atoms with E-state index in [1.54, 1.807) is 23.7 Å². The van der Waals surface area contributed by atoms with Gasteiger partial charge in [0.05, 0.1) is 11.4 Å². The number of hydroxylamine groups is 2. The molecule has 0 aliphatic rings. The monoisotopic (exact) mass is 456 g/mol. The van der Waals surface area contributed by atoms with Gasteiger partial charge in [0.2, 0.25) is 0 Å². The molecule has 0 amide bonds. The summed E-state index contributed by atoms with van der Waals surface area (Å²) in [6, 6.07) is 14.5. The highest BCUT2D eigenvalue weighted by atomic mass is 19.1. The van der Waals surface area contributed by atoms with Crippen molar-refractivity contribution in [2.24, 2.45) is 9.98 Å². The van der Waals surface area contributed by atoms with E-state index in [9.17, 15) is 4.39 Å². The van der Waals surface area contributed by atoms with Gasteiger partial charge in [0.1, 0.15) is 5.82 Å². The molecule has 2 heterocycles. The first-order valence-corrected chi connectivity index (χ1v) is 8.96. The highest BCUT2D eigenvalue weighted by Gasteiger charge is 2.14. The summed E-state index contributed by atoms with van der Waals surface area (Å²) in [6.45, 7) is 0. The maximum atomic E-state index is 12.9. The highest BCUT2D eigenvalue weighted by Crippen LogP contribution is 2.16. The summed E-state index contributed by atoms with van der Waals surface area (Å²) in [4.78, 5) is 8.01. The molecular weight excluding hydrogens is 439 g/mol. The molecular formula is C18H17FN10O4. The number of aliphatic imine (C=N–C) groups is 2. The van der Waals surface area contributed by atoms with Gasteiger partial charge in [-0.2, -0.15) is 0 Å². The van der Waals surface area contributed by atoms with Crippen molar-refractivity contribution in [3.63, 3.8) is 0 Å². The summed E-state index contributed by atoms with van der Waals surface area (Å²) in [7, 11) is 0. The second kappa shape index (κ2) is 10.9. The van der Waals surface area contributed by atoms with Crippen LogP contribution in [0.4, 0.5) is 27.4 Å². The number of nitrogens with two attached hydrogens (primary N) is 2. The zero-order valence-electron chi connectivity index (χ0n) is 16.6. The molecule has 14 nitrogen and oxygen atoms in total. The number of nitrogen functional groups attached to an aromatic ring is 2. The number of hydrogen-bond donors (Lipinski definition) is 6. The van der Waals surface area contributed by atoms with E-state index in [1.807, 2.05) is 23.7 Å². The smallest absolute Gasteiger partial charge is 0.199 e. The van der Waals surface area contributed by atoms with Crippen molar-refractivity contribution in [3.8, 4) is 0 Å². The van der Waals surface area contributed by atoms with Crippen molar-refractivity contribution in [2.75, 3.05) is 11.5 Å². The van der Waals surface area contributed by atoms with Crippen LogP contribution in [0.15, 0.2) is 73.8 Å². The lowest BCUT2D eigenvalue weighted by atomic mass is 10.3. The average Bonchev–Trinajstić information content (AvgIpc) is 3.45. The minimum absolute atomic E-state index is 0.0387. The summed E-state index contributed by atoms with van der Waals surface area (Å²) in [5, 5.41) is 31.5. The topological polar surface area (TPSA) is 219 Å². The lowest BCUT2D eigenvalue weighted by Gasteiger charge is -2.00. The maximum Gasteiger partial charge on any atom is 0.199 e. The van der Waals surface area contributed by atoms with Crippen LogP contribution in [0.2, 0.25) is 0 Å². The Morgan fingerprint density at radius 2 is 1.27 bits per heavy atom. The predicted molar refractivity (Wildman–Crippen MR) is 113 cm³/mol. The SMILES string of the molecule is Nc1nonc1C(=Nc1cccc(F)c1)NO.Nc1nonc1C(=Nc1ccccc1)NO. The first-order valence-electron chi connectivity index (χ1n) is 8.96. The van der Waals surface area contributed by atoms with Crippen molar-refractivity contribution < 1.29 is 24.1 Å². The number of amidine groups is 2. The zero-order valence-corrected chi connectivity index (χ0v) is 16.6. The number of nitrogens with one attached hydrogen (secondary N) is 2. The van der Waals surface area contributed by atoms with Gasteiger partial charge in [-0.25, -0.2) is 23.6 Å². The molecule has 0 fully saturated rings. The van der Waals surface area contributed by atoms with E-state index in [0.29, 0.717) is 5.69 Å². The van der Waals surface area contributed by atoms with E-state index >= 15 is 0 Å². The molecule has 0 aliphatic carbocycles. The molecule has 0 atom stereocenters. The number of benzene rings is 2. The molecule has 15 heteroatoms. The summed E-state index contributed by atoms with van der Waals surface area (Å²) >= 11 is 0. The van der Waals surface area contributed by atoms with Gasteiger partial charge < -0.3 is 11.5 Å². The van der Waals surface area contributed by atoms with E-state index in [0.717, 1.165) is 0 Å². The fraction of sp³-hybridized carbons (Fsp3) is 0. The van der Waals surface area contributed by atoms with Gasteiger partial charge in [0.15, 0.2) is 34.7 Å². The van der Waals surface area contributed by atoms with Crippen molar-refractivity contribution in [1.82, 2.24) is 31.6 Å². The van der Waals surface area contributed by atoms with Crippen LogP contribution in [0.5, 0.6) is 0 Å². The summed E-state index contributed by atoms with van der Waals surface area (Å²) in [6.07, 6.45) is 0. The number of hydrogen-bond acceptors (Lipinski definition) is 12. The van der Waals surface area contributed by atoms with Crippen LogP contribution >= 0.6 is 0 Å².